The van der Waals surface area contributed by atoms with Crippen LogP contribution in [0.5, 0.6) is 0 Å². The van der Waals surface area contributed by atoms with Gasteiger partial charge in [-0.05, 0) is 25.8 Å². The highest BCUT2D eigenvalue weighted by molar-refractivity contribution is 5.99. The molecule has 1 fully saturated rings. The molecule has 1 aromatic carbocycles. The summed E-state index contributed by atoms with van der Waals surface area (Å²) in [6.45, 7) is 4.91. The van der Waals surface area contributed by atoms with Crippen LogP contribution in [-0.2, 0) is 6.54 Å². The molecule has 4 rings (SSSR count). The number of para-hydroxylation sites is 1. The maximum absolute atomic E-state index is 12.9. The molecule has 25 heavy (non-hydrogen) atoms. The van der Waals surface area contributed by atoms with Gasteiger partial charge in [0.2, 0.25) is 0 Å². The number of carbonyl (C=O) groups excluding carboxylic acids is 1. The number of hydrogen-bond donors (Lipinski definition) is 1. The number of amides is 1. The maximum atomic E-state index is 12.9. The lowest BCUT2D eigenvalue weighted by molar-refractivity contribution is 0.0261. The Kier molecular flexibility index (Phi) is 3.61. The van der Waals surface area contributed by atoms with Gasteiger partial charge in [0, 0.05) is 23.7 Å². The first kappa shape index (κ1) is 15.8. The van der Waals surface area contributed by atoms with E-state index in [4.69, 9.17) is 4.42 Å². The Balaban J connectivity index is 1.58. The van der Waals surface area contributed by atoms with E-state index < -0.39 is 5.60 Å². The average molecular weight is 340 g/mol. The normalized spacial score (nSPS) is 20.5. The Morgan fingerprint density at radius 2 is 2.24 bits per heavy atom. The Bertz CT molecular complexity index is 931. The number of fused-ring (bicyclic) bond motifs is 1. The fourth-order valence-corrected chi connectivity index (χ4v) is 3.51. The molecule has 1 unspecified atom stereocenters. The lowest BCUT2D eigenvalue weighted by atomic mass is 10.0. The van der Waals surface area contributed by atoms with E-state index >= 15 is 0 Å². The number of carbonyl (C=O) groups is 1. The van der Waals surface area contributed by atoms with Crippen molar-refractivity contribution in [3.8, 4) is 0 Å². The van der Waals surface area contributed by atoms with Gasteiger partial charge in [0.25, 0.3) is 5.91 Å². The summed E-state index contributed by atoms with van der Waals surface area (Å²) < 4.78 is 7.46. The monoisotopic (exact) mass is 340 g/mol. The van der Waals surface area contributed by atoms with Crippen molar-refractivity contribution in [2.75, 3.05) is 13.1 Å². The fraction of sp³-hybridized carbons (Fsp3) is 0.389. The summed E-state index contributed by atoms with van der Waals surface area (Å²) in [6, 6.07) is 5.89. The third-order valence-electron chi connectivity index (χ3n) is 4.90. The van der Waals surface area contributed by atoms with E-state index in [9.17, 15) is 9.90 Å². The molecule has 1 aliphatic heterocycles. The van der Waals surface area contributed by atoms with Crippen LogP contribution in [0.15, 0.2) is 35.0 Å². The zero-order valence-electron chi connectivity index (χ0n) is 14.3. The zero-order chi connectivity index (χ0) is 17.6. The SMILES string of the molecule is Cc1c(C(=O)N2CCC(O)(Cn3ccnn3)C2)oc2c(C)cccc12. The summed E-state index contributed by atoms with van der Waals surface area (Å²) in [5, 5.41) is 19.4. The van der Waals surface area contributed by atoms with E-state index in [-0.39, 0.29) is 12.5 Å². The van der Waals surface area contributed by atoms with Crippen LogP contribution in [0.2, 0.25) is 0 Å². The molecule has 2 aromatic heterocycles. The predicted molar refractivity (Wildman–Crippen MR) is 91.2 cm³/mol. The molecule has 0 aliphatic carbocycles. The van der Waals surface area contributed by atoms with E-state index in [0.29, 0.717) is 25.3 Å². The van der Waals surface area contributed by atoms with Crippen LogP contribution in [0.1, 0.15) is 28.1 Å². The highest BCUT2D eigenvalue weighted by Crippen LogP contribution is 2.31. The summed E-state index contributed by atoms with van der Waals surface area (Å²) >= 11 is 0. The molecule has 0 radical (unpaired) electrons. The second-order valence-electron chi connectivity index (χ2n) is 6.81. The molecule has 0 saturated carbocycles. The predicted octanol–water partition coefficient (Wildman–Crippen LogP) is 1.92. The van der Waals surface area contributed by atoms with E-state index in [1.807, 2.05) is 32.0 Å². The summed E-state index contributed by atoms with van der Waals surface area (Å²) in [6.07, 6.45) is 3.77. The third-order valence-corrected chi connectivity index (χ3v) is 4.90. The Morgan fingerprint density at radius 1 is 1.40 bits per heavy atom. The molecule has 1 amide bonds. The van der Waals surface area contributed by atoms with Crippen molar-refractivity contribution in [2.24, 2.45) is 0 Å². The molecular formula is C18H20N4O3. The number of rotatable bonds is 3. The third kappa shape index (κ3) is 2.70. The minimum absolute atomic E-state index is 0.178. The number of nitrogens with zero attached hydrogens (tertiary/aromatic N) is 4. The van der Waals surface area contributed by atoms with Gasteiger partial charge in [-0.2, -0.15) is 0 Å². The van der Waals surface area contributed by atoms with Crippen LogP contribution < -0.4 is 0 Å². The molecule has 1 aliphatic rings. The number of β-amino-alcohol motifs (C(OH)–C–C–N with tert-alkyl or cyclic N) is 1. The number of aromatic nitrogens is 3. The van der Waals surface area contributed by atoms with Crippen LogP contribution in [0.4, 0.5) is 0 Å². The summed E-state index contributed by atoms with van der Waals surface area (Å²) in [4.78, 5) is 14.6. The molecule has 1 atom stereocenters. The molecule has 130 valence electrons. The minimum atomic E-state index is -1.00. The molecule has 3 aromatic rings. The van der Waals surface area contributed by atoms with Gasteiger partial charge in [-0.3, -0.25) is 4.79 Å². The van der Waals surface area contributed by atoms with Crippen LogP contribution in [-0.4, -0.2) is 49.6 Å². The van der Waals surface area contributed by atoms with Gasteiger partial charge < -0.3 is 14.4 Å². The average Bonchev–Trinajstić information content (AvgIpc) is 3.29. The smallest absolute Gasteiger partial charge is 0.289 e. The van der Waals surface area contributed by atoms with Crippen LogP contribution >= 0.6 is 0 Å². The second kappa shape index (κ2) is 5.70. The number of aliphatic hydroxyl groups is 1. The Hall–Kier alpha value is -2.67. The summed E-state index contributed by atoms with van der Waals surface area (Å²) in [7, 11) is 0. The number of benzene rings is 1. The van der Waals surface area contributed by atoms with Crippen LogP contribution in [0, 0.1) is 13.8 Å². The van der Waals surface area contributed by atoms with Crippen molar-refractivity contribution >= 4 is 16.9 Å². The Morgan fingerprint density at radius 3 is 2.96 bits per heavy atom. The van der Waals surface area contributed by atoms with Crippen molar-refractivity contribution in [1.29, 1.82) is 0 Å². The van der Waals surface area contributed by atoms with Crippen LogP contribution in [0.3, 0.4) is 0 Å². The summed E-state index contributed by atoms with van der Waals surface area (Å²) in [5.74, 6) is 0.178. The number of aryl methyl sites for hydroxylation is 2. The first-order chi connectivity index (χ1) is 12.0. The van der Waals surface area contributed by atoms with E-state index in [1.54, 1.807) is 22.0 Å². The lowest BCUT2D eigenvalue weighted by Crippen LogP contribution is -2.39. The van der Waals surface area contributed by atoms with Crippen molar-refractivity contribution in [2.45, 2.75) is 32.4 Å². The number of likely N-dealkylation sites (tertiary alicyclic amines) is 1. The van der Waals surface area contributed by atoms with Gasteiger partial charge in [-0.1, -0.05) is 23.4 Å². The topological polar surface area (TPSA) is 84.4 Å². The molecular weight excluding hydrogens is 320 g/mol. The molecule has 0 spiro atoms. The zero-order valence-corrected chi connectivity index (χ0v) is 14.3. The quantitative estimate of drug-likeness (QED) is 0.787. The van der Waals surface area contributed by atoms with Crippen molar-refractivity contribution in [3.05, 3.63) is 47.5 Å². The van der Waals surface area contributed by atoms with E-state index in [1.165, 1.54) is 0 Å². The maximum Gasteiger partial charge on any atom is 0.289 e. The van der Waals surface area contributed by atoms with Gasteiger partial charge in [0.05, 0.1) is 19.3 Å². The van der Waals surface area contributed by atoms with Gasteiger partial charge in [0.1, 0.15) is 11.2 Å². The number of hydrogen-bond acceptors (Lipinski definition) is 5. The van der Waals surface area contributed by atoms with Gasteiger partial charge >= 0.3 is 0 Å². The van der Waals surface area contributed by atoms with Crippen molar-refractivity contribution in [3.63, 3.8) is 0 Å². The highest BCUT2D eigenvalue weighted by Gasteiger charge is 2.40. The lowest BCUT2D eigenvalue weighted by Gasteiger charge is -2.22. The number of furan rings is 1. The largest absolute Gasteiger partial charge is 0.450 e. The van der Waals surface area contributed by atoms with Gasteiger partial charge in [-0.15, -0.1) is 5.10 Å². The fourth-order valence-electron chi connectivity index (χ4n) is 3.51. The first-order valence-electron chi connectivity index (χ1n) is 8.31. The van der Waals surface area contributed by atoms with E-state index in [2.05, 4.69) is 10.3 Å². The first-order valence-corrected chi connectivity index (χ1v) is 8.31. The standard InChI is InChI=1S/C18H20N4O3/c1-12-4-3-5-14-13(2)16(25-15(12)14)17(23)21-8-6-18(24,10-21)11-22-9-7-19-20-22/h3-5,7,9,24H,6,8,10-11H2,1-2H3. The summed E-state index contributed by atoms with van der Waals surface area (Å²) in [5.41, 5.74) is 1.60. The molecule has 1 N–H and O–H groups in total. The molecule has 7 nitrogen and oxygen atoms in total. The van der Waals surface area contributed by atoms with Gasteiger partial charge in [-0.25, -0.2) is 4.68 Å². The second-order valence-corrected chi connectivity index (χ2v) is 6.81. The molecule has 7 heteroatoms. The van der Waals surface area contributed by atoms with E-state index in [0.717, 1.165) is 22.1 Å². The minimum Gasteiger partial charge on any atom is -0.450 e. The molecule has 0 bridgehead atoms. The highest BCUT2D eigenvalue weighted by atomic mass is 16.3. The molecule has 1 saturated heterocycles. The van der Waals surface area contributed by atoms with Gasteiger partial charge in [0.15, 0.2) is 5.76 Å². The van der Waals surface area contributed by atoms with Crippen molar-refractivity contribution < 1.29 is 14.3 Å². The van der Waals surface area contributed by atoms with Crippen molar-refractivity contribution in [1.82, 2.24) is 19.9 Å². The molecule has 3 heterocycles. The Labute approximate surface area is 144 Å². The van der Waals surface area contributed by atoms with Crippen LogP contribution in [0.25, 0.3) is 11.0 Å².